The van der Waals surface area contributed by atoms with Crippen LogP contribution in [0.1, 0.15) is 23.6 Å². The van der Waals surface area contributed by atoms with E-state index in [2.05, 4.69) is 39.5 Å². The molecule has 2 aromatic carbocycles. The molecule has 1 N–H and O–H groups in total. The highest BCUT2D eigenvalue weighted by Crippen LogP contribution is 2.14. The fourth-order valence-electron chi connectivity index (χ4n) is 2.79. The van der Waals surface area contributed by atoms with E-state index in [1.807, 2.05) is 38.2 Å². The number of hydrogen-bond acceptors (Lipinski definition) is 3. The molecule has 0 aliphatic rings. The average Bonchev–Trinajstić information content (AvgIpc) is 2.65. The van der Waals surface area contributed by atoms with Crippen LogP contribution in [-0.4, -0.2) is 38.7 Å². The number of nitrogens with zero attached hydrogens (tertiary/aromatic N) is 2. The summed E-state index contributed by atoms with van der Waals surface area (Å²) in [5, 5.41) is 3.43. The maximum Gasteiger partial charge on any atom is 0.193 e. The number of ether oxygens (including phenoxy) is 2. The van der Waals surface area contributed by atoms with Gasteiger partial charge >= 0.3 is 0 Å². The minimum absolute atomic E-state index is 0.610. The van der Waals surface area contributed by atoms with Gasteiger partial charge in [-0.2, -0.15) is 0 Å². The van der Waals surface area contributed by atoms with Gasteiger partial charge in [0.25, 0.3) is 0 Å². The van der Waals surface area contributed by atoms with E-state index < -0.39 is 0 Å². The van der Waals surface area contributed by atoms with E-state index in [4.69, 9.17) is 9.47 Å². The molecule has 140 valence electrons. The first-order chi connectivity index (χ1) is 12.7. The molecule has 2 aromatic rings. The summed E-state index contributed by atoms with van der Waals surface area (Å²) in [6.07, 6.45) is 0. The highest BCUT2D eigenvalue weighted by molar-refractivity contribution is 5.79. The van der Waals surface area contributed by atoms with Gasteiger partial charge in [-0.25, -0.2) is 0 Å². The minimum atomic E-state index is 0.610. The molecule has 5 heteroatoms. The Balaban J connectivity index is 1.95. The van der Waals surface area contributed by atoms with Crippen LogP contribution in [0.4, 0.5) is 0 Å². The molecule has 5 nitrogen and oxygen atoms in total. The molecule has 0 fully saturated rings. The number of aliphatic imine (C=N–C) groups is 1. The van der Waals surface area contributed by atoms with Crippen molar-refractivity contribution in [1.29, 1.82) is 0 Å². The first-order valence-corrected chi connectivity index (χ1v) is 8.87. The minimum Gasteiger partial charge on any atom is -0.494 e. The Labute approximate surface area is 156 Å². The third-order valence-corrected chi connectivity index (χ3v) is 4.08. The van der Waals surface area contributed by atoms with Crippen molar-refractivity contribution in [3.63, 3.8) is 0 Å². The largest absolute Gasteiger partial charge is 0.494 e. The van der Waals surface area contributed by atoms with Crippen molar-refractivity contribution in [2.75, 3.05) is 27.8 Å². The van der Waals surface area contributed by atoms with Crippen molar-refractivity contribution >= 4 is 5.96 Å². The Morgan fingerprint density at radius 3 is 2.38 bits per heavy atom. The quantitative estimate of drug-likeness (QED) is 0.582. The summed E-state index contributed by atoms with van der Waals surface area (Å²) in [6, 6.07) is 16.5. The van der Waals surface area contributed by atoms with Gasteiger partial charge in [0, 0.05) is 34.3 Å². The topological polar surface area (TPSA) is 46.1 Å². The zero-order chi connectivity index (χ0) is 18.8. The molecule has 0 radical (unpaired) electrons. The summed E-state index contributed by atoms with van der Waals surface area (Å²) in [6.45, 7) is 4.76. The molecule has 0 saturated carbocycles. The van der Waals surface area contributed by atoms with Gasteiger partial charge in [0.2, 0.25) is 0 Å². The number of rotatable bonds is 8. The Hall–Kier alpha value is -2.53. The van der Waals surface area contributed by atoms with Gasteiger partial charge in [-0.05, 0) is 35.7 Å². The third kappa shape index (κ3) is 5.77. The molecular formula is C21H29N3O2. The molecule has 0 unspecified atom stereocenters. The van der Waals surface area contributed by atoms with Crippen LogP contribution < -0.4 is 10.1 Å². The van der Waals surface area contributed by atoms with Gasteiger partial charge in [0.05, 0.1) is 13.2 Å². The van der Waals surface area contributed by atoms with Crippen LogP contribution >= 0.6 is 0 Å². The normalized spacial score (nSPS) is 11.3. The average molecular weight is 355 g/mol. The van der Waals surface area contributed by atoms with Gasteiger partial charge in [-0.3, -0.25) is 4.99 Å². The van der Waals surface area contributed by atoms with E-state index >= 15 is 0 Å². The van der Waals surface area contributed by atoms with Crippen LogP contribution in [0.25, 0.3) is 0 Å². The van der Waals surface area contributed by atoms with E-state index in [1.54, 1.807) is 14.2 Å². The lowest BCUT2D eigenvalue weighted by Crippen LogP contribution is -2.38. The zero-order valence-corrected chi connectivity index (χ0v) is 16.2. The second-order valence-electron chi connectivity index (χ2n) is 6.04. The van der Waals surface area contributed by atoms with Crippen LogP contribution in [0.2, 0.25) is 0 Å². The molecule has 0 spiro atoms. The van der Waals surface area contributed by atoms with E-state index in [0.29, 0.717) is 19.8 Å². The lowest BCUT2D eigenvalue weighted by Gasteiger charge is -2.23. The van der Waals surface area contributed by atoms with E-state index in [9.17, 15) is 0 Å². The molecule has 0 aliphatic carbocycles. The van der Waals surface area contributed by atoms with E-state index in [1.165, 1.54) is 16.7 Å². The lowest BCUT2D eigenvalue weighted by atomic mass is 10.1. The van der Waals surface area contributed by atoms with Crippen LogP contribution in [-0.2, 0) is 24.4 Å². The number of benzene rings is 2. The summed E-state index contributed by atoms with van der Waals surface area (Å²) in [4.78, 5) is 6.50. The van der Waals surface area contributed by atoms with Crippen molar-refractivity contribution in [2.45, 2.75) is 26.6 Å². The highest BCUT2D eigenvalue weighted by Gasteiger charge is 2.08. The third-order valence-electron chi connectivity index (χ3n) is 4.08. The maximum absolute atomic E-state index is 5.49. The Bertz CT molecular complexity index is 699. The van der Waals surface area contributed by atoms with Crippen LogP contribution in [0.15, 0.2) is 53.5 Å². The molecule has 0 amide bonds. The molecule has 0 atom stereocenters. The Kier molecular flexibility index (Phi) is 7.96. The van der Waals surface area contributed by atoms with Gasteiger partial charge in [0.15, 0.2) is 5.96 Å². The fraction of sp³-hybridized carbons (Fsp3) is 0.381. The van der Waals surface area contributed by atoms with Crippen molar-refractivity contribution in [3.8, 4) is 5.75 Å². The molecule has 0 aromatic heterocycles. The summed E-state index contributed by atoms with van der Waals surface area (Å²) < 4.78 is 10.8. The lowest BCUT2D eigenvalue weighted by molar-refractivity contribution is 0.184. The molecular weight excluding hydrogens is 326 g/mol. The number of guanidine groups is 1. The number of methoxy groups -OCH3 is 1. The monoisotopic (exact) mass is 355 g/mol. The summed E-state index contributed by atoms with van der Waals surface area (Å²) in [5.41, 5.74) is 3.61. The standard InChI is InChI=1S/C21H29N3O2/c1-5-26-20-12-10-17(11-13-20)15-24(3)21(22-2)23-14-18-8-6-7-9-19(18)16-25-4/h6-13H,5,14-16H2,1-4H3,(H,22,23). The van der Waals surface area contributed by atoms with Gasteiger partial charge in [0.1, 0.15) is 5.75 Å². The number of hydrogen-bond donors (Lipinski definition) is 1. The molecule has 2 rings (SSSR count). The van der Waals surface area contributed by atoms with Crippen molar-refractivity contribution in [2.24, 2.45) is 4.99 Å². The predicted octanol–water partition coefficient (Wildman–Crippen LogP) is 3.44. The first-order valence-electron chi connectivity index (χ1n) is 8.87. The molecule has 0 saturated heterocycles. The van der Waals surface area contributed by atoms with Crippen LogP contribution in [0, 0.1) is 0 Å². The smallest absolute Gasteiger partial charge is 0.193 e. The van der Waals surface area contributed by atoms with Gasteiger partial charge in [-0.1, -0.05) is 36.4 Å². The van der Waals surface area contributed by atoms with Crippen LogP contribution in [0.5, 0.6) is 5.75 Å². The SMILES string of the molecule is CCOc1ccc(CN(C)C(=NC)NCc2ccccc2COC)cc1. The number of nitrogens with one attached hydrogen (secondary N) is 1. The summed E-state index contributed by atoms with van der Waals surface area (Å²) in [7, 11) is 5.55. The summed E-state index contributed by atoms with van der Waals surface area (Å²) in [5.74, 6) is 1.75. The maximum atomic E-state index is 5.49. The van der Waals surface area contributed by atoms with Crippen LogP contribution in [0.3, 0.4) is 0 Å². The van der Waals surface area contributed by atoms with Crippen molar-refractivity contribution in [1.82, 2.24) is 10.2 Å². The van der Waals surface area contributed by atoms with Crippen molar-refractivity contribution < 1.29 is 9.47 Å². The first kappa shape index (κ1) is 19.8. The Morgan fingerprint density at radius 2 is 1.77 bits per heavy atom. The predicted molar refractivity (Wildman–Crippen MR) is 106 cm³/mol. The second kappa shape index (κ2) is 10.5. The van der Waals surface area contributed by atoms with Gasteiger partial charge in [-0.15, -0.1) is 0 Å². The summed E-state index contributed by atoms with van der Waals surface area (Å²) >= 11 is 0. The second-order valence-corrected chi connectivity index (χ2v) is 6.04. The fourth-order valence-corrected chi connectivity index (χ4v) is 2.79. The van der Waals surface area contributed by atoms with Crippen molar-refractivity contribution in [3.05, 3.63) is 65.2 Å². The van der Waals surface area contributed by atoms with Gasteiger partial charge < -0.3 is 19.7 Å². The highest BCUT2D eigenvalue weighted by atomic mass is 16.5. The van der Waals surface area contributed by atoms with E-state index in [-0.39, 0.29) is 0 Å². The molecule has 0 heterocycles. The Morgan fingerprint density at radius 1 is 1.08 bits per heavy atom. The molecule has 0 aliphatic heterocycles. The zero-order valence-electron chi connectivity index (χ0n) is 16.2. The van der Waals surface area contributed by atoms with E-state index in [0.717, 1.165) is 18.3 Å². The molecule has 0 bridgehead atoms. The molecule has 26 heavy (non-hydrogen) atoms.